The van der Waals surface area contributed by atoms with Crippen LogP contribution in [0.2, 0.25) is 0 Å². The number of ether oxygens (including phenoxy) is 2. The van der Waals surface area contributed by atoms with E-state index in [2.05, 4.69) is 13.8 Å². The van der Waals surface area contributed by atoms with Crippen LogP contribution in [0.5, 0.6) is 0 Å². The van der Waals surface area contributed by atoms with Crippen molar-refractivity contribution in [1.29, 1.82) is 0 Å². The Labute approximate surface area is 194 Å². The van der Waals surface area contributed by atoms with Gasteiger partial charge in [-0.25, -0.2) is 0 Å². The lowest BCUT2D eigenvalue weighted by atomic mass is 9.33. The number of allylic oxidation sites excluding steroid dienone is 2. The molecule has 2 saturated heterocycles. The molecule has 5 fully saturated rings. The van der Waals surface area contributed by atoms with Crippen LogP contribution in [0, 0.1) is 38.9 Å². The van der Waals surface area contributed by atoms with E-state index >= 15 is 0 Å². The first-order valence-corrected chi connectivity index (χ1v) is 11.9. The number of aliphatic hydroxyl groups is 1. The minimum Gasteiger partial charge on any atom is -0.468 e. The zero-order valence-electron chi connectivity index (χ0n) is 20.5. The molecule has 0 amide bonds. The second-order valence-electron chi connectivity index (χ2n) is 12.2. The third-order valence-electron chi connectivity index (χ3n) is 11.0. The Morgan fingerprint density at radius 3 is 2.27 bits per heavy atom. The molecule has 1 spiro atoms. The van der Waals surface area contributed by atoms with Crippen molar-refractivity contribution in [3.63, 3.8) is 0 Å². The van der Waals surface area contributed by atoms with Gasteiger partial charge in [0, 0.05) is 11.3 Å². The topological polar surface area (TPSA) is 107 Å². The van der Waals surface area contributed by atoms with Crippen molar-refractivity contribution in [2.75, 3.05) is 7.11 Å². The van der Waals surface area contributed by atoms with Crippen LogP contribution in [-0.2, 0) is 28.7 Å². The number of carbonyl (C=O) groups is 4. The molecule has 180 valence electrons. The Hall–Kier alpha value is -2.02. The normalized spacial score (nSPS) is 51.8. The van der Waals surface area contributed by atoms with Gasteiger partial charge in [-0.05, 0) is 57.8 Å². The average molecular weight is 459 g/mol. The molecule has 1 N–H and O–H groups in total. The second kappa shape index (κ2) is 5.96. The van der Waals surface area contributed by atoms with Crippen LogP contribution in [0.1, 0.15) is 67.2 Å². The summed E-state index contributed by atoms with van der Waals surface area (Å²) in [4.78, 5) is 55.1. The molecule has 8 atom stereocenters. The third kappa shape index (κ3) is 1.94. The number of Topliss-reactive ketones (excluding diaryl/α,β-unsaturated/α-hetero) is 2. The highest BCUT2D eigenvalue weighted by Crippen LogP contribution is 2.78. The van der Waals surface area contributed by atoms with E-state index in [1.165, 1.54) is 14.0 Å². The van der Waals surface area contributed by atoms with E-state index in [1.807, 2.05) is 13.0 Å². The van der Waals surface area contributed by atoms with E-state index < -0.39 is 50.7 Å². The lowest BCUT2D eigenvalue weighted by Gasteiger charge is -2.70. The number of rotatable bonds is 1. The van der Waals surface area contributed by atoms with Crippen LogP contribution < -0.4 is 0 Å². The predicted molar refractivity (Wildman–Crippen MR) is 117 cm³/mol. The molecule has 0 aromatic carbocycles. The molecular weight excluding hydrogens is 424 g/mol. The van der Waals surface area contributed by atoms with Gasteiger partial charge in [0.2, 0.25) is 0 Å². The zero-order valence-corrected chi connectivity index (χ0v) is 20.5. The molecule has 6 rings (SSSR count). The van der Waals surface area contributed by atoms with Crippen molar-refractivity contribution >= 4 is 23.5 Å². The van der Waals surface area contributed by atoms with Gasteiger partial charge in [-0.15, -0.1) is 0 Å². The Morgan fingerprint density at radius 2 is 1.70 bits per heavy atom. The maximum Gasteiger partial charge on any atom is 0.321 e. The molecular formula is C26H34O7. The third-order valence-corrected chi connectivity index (χ3v) is 11.0. The monoisotopic (exact) mass is 458 g/mol. The molecule has 0 aromatic rings. The van der Waals surface area contributed by atoms with Crippen molar-refractivity contribution in [3.8, 4) is 0 Å². The lowest BCUT2D eigenvalue weighted by molar-refractivity contribution is -0.262. The van der Waals surface area contributed by atoms with Gasteiger partial charge in [0.25, 0.3) is 0 Å². The van der Waals surface area contributed by atoms with E-state index in [1.54, 1.807) is 13.8 Å². The summed E-state index contributed by atoms with van der Waals surface area (Å²) >= 11 is 0. The minimum absolute atomic E-state index is 0.0268. The molecule has 0 unspecified atom stereocenters. The summed E-state index contributed by atoms with van der Waals surface area (Å²) in [5.74, 6) is -3.06. The van der Waals surface area contributed by atoms with Crippen LogP contribution in [0.4, 0.5) is 0 Å². The van der Waals surface area contributed by atoms with Crippen molar-refractivity contribution in [3.05, 3.63) is 11.6 Å². The van der Waals surface area contributed by atoms with Gasteiger partial charge in [0.15, 0.2) is 22.6 Å². The van der Waals surface area contributed by atoms with Gasteiger partial charge in [-0.3, -0.25) is 19.2 Å². The minimum atomic E-state index is -2.32. The molecule has 4 aliphatic carbocycles. The number of esters is 2. The SMILES string of the molecule is COC(=O)[C@]12C(=O)[C@@](C)(O)C(=O)[C@@]1(C)C(C)=C[C@H]1[C@@]34CC[C@@H](OC3=O)C(C)(C)[C@@H]4CC[C@@]12C. The van der Waals surface area contributed by atoms with Crippen LogP contribution in [0.25, 0.3) is 0 Å². The van der Waals surface area contributed by atoms with Gasteiger partial charge in [-0.2, -0.15) is 0 Å². The van der Waals surface area contributed by atoms with Gasteiger partial charge < -0.3 is 14.6 Å². The van der Waals surface area contributed by atoms with Gasteiger partial charge in [-0.1, -0.05) is 32.4 Å². The fraction of sp³-hybridized carbons (Fsp3) is 0.769. The Balaban J connectivity index is 1.87. The summed E-state index contributed by atoms with van der Waals surface area (Å²) in [6.07, 6.45) is 4.21. The van der Waals surface area contributed by atoms with Crippen molar-refractivity contribution in [2.24, 2.45) is 38.9 Å². The number of hydrogen-bond donors (Lipinski definition) is 1. The second-order valence-corrected chi connectivity index (χ2v) is 12.2. The van der Waals surface area contributed by atoms with Crippen molar-refractivity contribution in [1.82, 2.24) is 0 Å². The molecule has 0 radical (unpaired) electrons. The summed E-state index contributed by atoms with van der Waals surface area (Å²) in [5.41, 5.74) is -7.55. The van der Waals surface area contributed by atoms with E-state index in [0.29, 0.717) is 24.8 Å². The molecule has 7 heteroatoms. The first-order valence-electron chi connectivity index (χ1n) is 11.9. The number of carbonyl (C=O) groups excluding carboxylic acids is 4. The summed E-state index contributed by atoms with van der Waals surface area (Å²) in [6.45, 7) is 10.6. The first-order chi connectivity index (χ1) is 15.1. The largest absolute Gasteiger partial charge is 0.468 e. The summed E-state index contributed by atoms with van der Waals surface area (Å²) < 4.78 is 11.2. The van der Waals surface area contributed by atoms with E-state index in [0.717, 1.165) is 6.42 Å². The maximum absolute atomic E-state index is 14.1. The molecule has 2 heterocycles. The number of hydrogen-bond acceptors (Lipinski definition) is 7. The molecule has 0 aromatic heterocycles. The van der Waals surface area contributed by atoms with Crippen LogP contribution in [0.3, 0.4) is 0 Å². The molecule has 2 bridgehead atoms. The summed E-state index contributed by atoms with van der Waals surface area (Å²) in [7, 11) is 1.21. The van der Waals surface area contributed by atoms with Crippen molar-refractivity contribution < 1.29 is 33.8 Å². The number of methoxy groups -OCH3 is 1. The maximum atomic E-state index is 14.1. The fourth-order valence-electron chi connectivity index (χ4n) is 9.31. The van der Waals surface area contributed by atoms with E-state index in [9.17, 15) is 24.3 Å². The lowest BCUT2D eigenvalue weighted by Crippen LogP contribution is -2.74. The quantitative estimate of drug-likeness (QED) is 0.366. The highest BCUT2D eigenvalue weighted by Gasteiger charge is 2.86. The number of fused-ring (bicyclic) bond motifs is 5. The number of ketones is 2. The Morgan fingerprint density at radius 1 is 1.06 bits per heavy atom. The Kier molecular flexibility index (Phi) is 4.11. The van der Waals surface area contributed by atoms with Gasteiger partial charge in [0.1, 0.15) is 6.10 Å². The molecule has 7 nitrogen and oxygen atoms in total. The first kappa shape index (κ1) is 22.8. The van der Waals surface area contributed by atoms with Crippen LogP contribution in [-0.4, -0.2) is 47.4 Å². The standard InChI is InChI=1S/C26H34O7/c1-13-12-15-22(4,10-8-14-21(2,3)16-9-11-25(14,15)19(29)33-16)26(20(30)32-7)18(28)24(6,31)17(27)23(13,26)5/h12,14-16,31H,8-11H2,1-7H3/t14-,15+,16+,22-,23+,24-,25-,26-/m0/s1. The van der Waals surface area contributed by atoms with E-state index in [-0.39, 0.29) is 23.4 Å². The highest BCUT2D eigenvalue weighted by atomic mass is 16.6. The van der Waals surface area contributed by atoms with Gasteiger partial charge in [0.05, 0.1) is 17.9 Å². The smallest absolute Gasteiger partial charge is 0.321 e. The average Bonchev–Trinajstić information content (AvgIpc) is 2.87. The molecule has 6 aliphatic rings. The molecule has 2 aliphatic heterocycles. The van der Waals surface area contributed by atoms with Crippen molar-refractivity contribution in [2.45, 2.75) is 78.9 Å². The zero-order chi connectivity index (χ0) is 24.6. The fourth-order valence-corrected chi connectivity index (χ4v) is 9.31. The van der Waals surface area contributed by atoms with Gasteiger partial charge >= 0.3 is 11.9 Å². The molecule has 33 heavy (non-hydrogen) atoms. The Bertz CT molecular complexity index is 1050. The predicted octanol–water partition coefficient (Wildman–Crippen LogP) is 2.78. The van der Waals surface area contributed by atoms with E-state index in [4.69, 9.17) is 9.47 Å². The highest BCUT2D eigenvalue weighted by molar-refractivity contribution is 6.30. The van der Waals surface area contributed by atoms with Crippen LogP contribution in [0.15, 0.2) is 11.6 Å². The summed E-state index contributed by atoms with van der Waals surface area (Å²) in [6, 6.07) is 0. The molecule has 3 saturated carbocycles. The van der Waals surface area contributed by atoms with Crippen LogP contribution >= 0.6 is 0 Å². The summed E-state index contributed by atoms with van der Waals surface area (Å²) in [5, 5.41) is 11.1.